The Morgan fingerprint density at radius 2 is 1.80 bits per heavy atom. The molecule has 0 bridgehead atoms. The molecule has 2 fully saturated rings. The van der Waals surface area contributed by atoms with E-state index < -0.39 is 5.60 Å². The molecule has 6 rings (SSSR count). The van der Waals surface area contributed by atoms with Crippen LogP contribution < -0.4 is 20.0 Å². The van der Waals surface area contributed by atoms with Gasteiger partial charge in [-0.2, -0.15) is 4.98 Å². The van der Waals surface area contributed by atoms with Crippen molar-refractivity contribution in [2.45, 2.75) is 32.4 Å². The molecule has 0 aliphatic carbocycles. The van der Waals surface area contributed by atoms with Gasteiger partial charge in [-0.15, -0.1) is 10.2 Å². The number of amides is 1. The zero-order valence-corrected chi connectivity index (χ0v) is 23.1. The molecule has 2 N–H and O–H groups in total. The first-order chi connectivity index (χ1) is 19.2. The Morgan fingerprint density at radius 3 is 2.58 bits per heavy atom. The van der Waals surface area contributed by atoms with Crippen LogP contribution in [0.15, 0.2) is 42.6 Å². The van der Waals surface area contributed by atoms with Crippen molar-refractivity contribution < 1.29 is 14.6 Å². The minimum absolute atomic E-state index is 0.185. The lowest BCUT2D eigenvalue weighted by Crippen LogP contribution is -2.58. The fourth-order valence-electron chi connectivity index (χ4n) is 5.40. The number of ether oxygens (including phenoxy) is 1. The third-order valence-electron chi connectivity index (χ3n) is 7.42. The Balaban J connectivity index is 1.12. The molecule has 1 atom stereocenters. The lowest BCUT2D eigenvalue weighted by Gasteiger charge is -2.45. The summed E-state index contributed by atoms with van der Waals surface area (Å²) < 4.78 is 5.52. The van der Waals surface area contributed by atoms with E-state index in [9.17, 15) is 9.90 Å². The van der Waals surface area contributed by atoms with E-state index >= 15 is 0 Å². The maximum Gasteiger partial charge on any atom is 0.410 e. The van der Waals surface area contributed by atoms with Gasteiger partial charge in [0, 0.05) is 64.1 Å². The number of aromatic hydroxyl groups is 1. The number of fused-ring (bicyclic) bond motifs is 3. The van der Waals surface area contributed by atoms with E-state index in [0.717, 1.165) is 43.5 Å². The first kappa shape index (κ1) is 25.9. The molecule has 0 saturated carbocycles. The van der Waals surface area contributed by atoms with Gasteiger partial charge >= 0.3 is 6.09 Å². The first-order valence-electron chi connectivity index (χ1n) is 13.7. The Bertz CT molecular complexity index is 1390. The van der Waals surface area contributed by atoms with E-state index in [1.807, 2.05) is 51.2 Å². The number of hydrogen-bond acceptors (Lipinski definition) is 11. The Morgan fingerprint density at radius 1 is 1.02 bits per heavy atom. The number of carbonyl (C=O) groups is 1. The van der Waals surface area contributed by atoms with Gasteiger partial charge in [0.05, 0.1) is 17.4 Å². The van der Waals surface area contributed by atoms with Crippen molar-refractivity contribution in [3.63, 3.8) is 0 Å². The molecule has 2 aromatic heterocycles. The number of carbonyl (C=O) groups excluding carboxylic acids is 1. The summed E-state index contributed by atoms with van der Waals surface area (Å²) in [5.74, 6) is 2.52. The fourth-order valence-corrected chi connectivity index (χ4v) is 5.40. The summed E-state index contributed by atoms with van der Waals surface area (Å²) in [5, 5.41) is 22.5. The van der Waals surface area contributed by atoms with Crippen LogP contribution in [0.25, 0.3) is 11.3 Å². The summed E-state index contributed by atoms with van der Waals surface area (Å²) in [6, 6.07) is 11.3. The second kappa shape index (κ2) is 10.3. The average Bonchev–Trinajstić information content (AvgIpc) is 2.96. The lowest BCUT2D eigenvalue weighted by molar-refractivity contribution is 0.0240. The molecule has 3 aliphatic rings. The van der Waals surface area contributed by atoms with Crippen LogP contribution in [-0.2, 0) is 4.74 Å². The largest absolute Gasteiger partial charge is 0.507 e. The van der Waals surface area contributed by atoms with Crippen LogP contribution >= 0.6 is 0 Å². The monoisotopic (exact) mass is 545 g/mol. The summed E-state index contributed by atoms with van der Waals surface area (Å²) in [4.78, 5) is 30.5. The van der Waals surface area contributed by atoms with Gasteiger partial charge in [-0.1, -0.05) is 12.1 Å². The predicted octanol–water partition coefficient (Wildman–Crippen LogP) is 2.82. The molecule has 12 heteroatoms. The SMILES string of the molecule is CC(C)(C)OC(=O)N1CCN(c2ccnc(N3CCN4c5cc(-c6ccccc6O)nnc5NC[C@H]4C3)n2)CC1. The number of rotatable bonds is 3. The normalized spacial score (nSPS) is 19.0. The van der Waals surface area contributed by atoms with Crippen molar-refractivity contribution in [3.05, 3.63) is 42.6 Å². The predicted molar refractivity (Wildman–Crippen MR) is 153 cm³/mol. The molecular weight excluding hydrogens is 510 g/mol. The first-order valence-corrected chi connectivity index (χ1v) is 13.7. The zero-order valence-electron chi connectivity index (χ0n) is 23.1. The minimum Gasteiger partial charge on any atom is -0.507 e. The molecule has 1 aromatic carbocycles. The molecule has 0 unspecified atom stereocenters. The average molecular weight is 546 g/mol. The molecule has 3 aromatic rings. The van der Waals surface area contributed by atoms with Crippen LogP contribution in [0.4, 0.5) is 28.1 Å². The minimum atomic E-state index is -0.504. The number of nitrogens with one attached hydrogen (secondary N) is 1. The lowest BCUT2D eigenvalue weighted by atomic mass is 10.1. The number of nitrogens with zero attached hydrogens (tertiary/aromatic N) is 8. The summed E-state index contributed by atoms with van der Waals surface area (Å²) >= 11 is 0. The number of piperazine rings is 2. The third-order valence-corrected chi connectivity index (χ3v) is 7.42. The van der Waals surface area contributed by atoms with E-state index in [4.69, 9.17) is 9.72 Å². The van der Waals surface area contributed by atoms with Crippen molar-refractivity contribution in [1.29, 1.82) is 0 Å². The molecule has 0 radical (unpaired) electrons. The number of para-hydroxylation sites is 1. The summed E-state index contributed by atoms with van der Waals surface area (Å²) in [6.07, 6.45) is 1.54. The van der Waals surface area contributed by atoms with Crippen molar-refractivity contribution in [2.75, 3.05) is 72.4 Å². The standard InChI is InChI=1S/C28H35N9O3/c1-28(2,3)40-27(39)35-12-10-34(11-13-35)24-8-9-29-26(31-24)36-14-15-37-19(18-36)17-30-25-22(37)16-21(32-33-25)20-6-4-5-7-23(20)38/h4-9,16,19,38H,10-15,17-18H2,1-3H3,(H,30,33)/t19-/m0/s1. The molecular formula is C28H35N9O3. The van der Waals surface area contributed by atoms with E-state index in [1.165, 1.54) is 0 Å². The highest BCUT2D eigenvalue weighted by atomic mass is 16.6. The Kier molecular flexibility index (Phi) is 6.68. The molecule has 40 heavy (non-hydrogen) atoms. The molecule has 0 spiro atoms. The number of hydrogen-bond donors (Lipinski definition) is 2. The molecule has 5 heterocycles. The van der Waals surface area contributed by atoms with Crippen LogP contribution in [0.3, 0.4) is 0 Å². The smallest absolute Gasteiger partial charge is 0.410 e. The van der Waals surface area contributed by atoms with Crippen molar-refractivity contribution in [2.24, 2.45) is 0 Å². The van der Waals surface area contributed by atoms with Gasteiger partial charge in [-0.3, -0.25) is 0 Å². The van der Waals surface area contributed by atoms with Crippen molar-refractivity contribution in [1.82, 2.24) is 25.1 Å². The van der Waals surface area contributed by atoms with Gasteiger partial charge in [0.25, 0.3) is 0 Å². The Hall–Kier alpha value is -4.35. The van der Waals surface area contributed by atoms with Gasteiger partial charge in [0.2, 0.25) is 5.95 Å². The highest BCUT2D eigenvalue weighted by Crippen LogP contribution is 2.36. The summed E-state index contributed by atoms with van der Waals surface area (Å²) in [5.41, 5.74) is 1.79. The quantitative estimate of drug-likeness (QED) is 0.505. The van der Waals surface area contributed by atoms with Crippen LogP contribution in [0, 0.1) is 0 Å². The van der Waals surface area contributed by atoms with E-state index in [2.05, 4.69) is 35.2 Å². The Labute approximate surface area is 233 Å². The zero-order chi connectivity index (χ0) is 27.9. The molecule has 3 aliphatic heterocycles. The maximum absolute atomic E-state index is 12.4. The third kappa shape index (κ3) is 5.25. The molecule has 12 nitrogen and oxygen atoms in total. The van der Waals surface area contributed by atoms with E-state index in [0.29, 0.717) is 43.4 Å². The fraction of sp³-hybridized carbons (Fsp3) is 0.464. The van der Waals surface area contributed by atoms with Crippen molar-refractivity contribution >= 4 is 29.4 Å². The highest BCUT2D eigenvalue weighted by Gasteiger charge is 2.34. The van der Waals surface area contributed by atoms with Gasteiger partial charge in [0.1, 0.15) is 17.2 Å². The number of aromatic nitrogens is 4. The summed E-state index contributed by atoms with van der Waals surface area (Å²) in [7, 11) is 0. The molecule has 1 amide bonds. The second-order valence-electron chi connectivity index (χ2n) is 11.3. The van der Waals surface area contributed by atoms with Gasteiger partial charge < -0.3 is 34.8 Å². The van der Waals surface area contributed by atoms with Crippen LogP contribution in [0.1, 0.15) is 20.8 Å². The van der Waals surface area contributed by atoms with Crippen molar-refractivity contribution in [3.8, 4) is 17.0 Å². The van der Waals surface area contributed by atoms with Crippen LogP contribution in [0.5, 0.6) is 5.75 Å². The van der Waals surface area contributed by atoms with E-state index in [-0.39, 0.29) is 17.9 Å². The molecule has 2 saturated heterocycles. The number of anilines is 4. The second-order valence-corrected chi connectivity index (χ2v) is 11.3. The van der Waals surface area contributed by atoms with Crippen LogP contribution in [0.2, 0.25) is 0 Å². The van der Waals surface area contributed by atoms with Crippen LogP contribution in [-0.4, -0.2) is 100 Å². The number of phenolic OH excluding ortho intramolecular Hbond substituents is 1. The number of benzene rings is 1. The topological polar surface area (TPSA) is 123 Å². The van der Waals surface area contributed by atoms with Gasteiger partial charge in [0.15, 0.2) is 5.82 Å². The maximum atomic E-state index is 12.4. The highest BCUT2D eigenvalue weighted by molar-refractivity contribution is 5.76. The summed E-state index contributed by atoms with van der Waals surface area (Å²) in [6.45, 7) is 11.2. The van der Waals surface area contributed by atoms with Gasteiger partial charge in [-0.25, -0.2) is 9.78 Å². The molecule has 210 valence electrons. The van der Waals surface area contributed by atoms with E-state index in [1.54, 1.807) is 17.0 Å². The van der Waals surface area contributed by atoms with Gasteiger partial charge in [-0.05, 0) is 45.0 Å². The number of phenols is 1.